The van der Waals surface area contributed by atoms with Gasteiger partial charge < -0.3 is 5.11 Å². The van der Waals surface area contributed by atoms with Crippen LogP contribution in [0.5, 0.6) is 0 Å². The SMILES string of the molecule is O=C1C(=O)N(c2nccs2)C(c2cccc(Br)c2)/C1=C(/O)c1ccc(F)cc1. The molecule has 1 aliphatic rings. The first kappa shape index (κ1) is 18.5. The van der Waals surface area contributed by atoms with E-state index in [0.717, 1.165) is 4.47 Å². The van der Waals surface area contributed by atoms with Crippen molar-refractivity contribution in [1.29, 1.82) is 0 Å². The Labute approximate surface area is 171 Å². The third-order valence-corrected chi connectivity index (χ3v) is 5.62. The number of carbonyl (C=O) groups excluding carboxylic acids is 2. The Bertz CT molecular complexity index is 1100. The molecule has 4 rings (SSSR count). The molecule has 1 N–H and O–H groups in total. The predicted octanol–water partition coefficient (Wildman–Crippen LogP) is 4.67. The fraction of sp³-hybridized carbons (Fsp3) is 0.0500. The number of aromatic nitrogens is 1. The molecule has 0 aliphatic carbocycles. The zero-order valence-electron chi connectivity index (χ0n) is 14.2. The van der Waals surface area contributed by atoms with Gasteiger partial charge in [0.2, 0.25) is 0 Å². The van der Waals surface area contributed by atoms with E-state index < -0.39 is 23.5 Å². The second kappa shape index (κ2) is 7.29. The molecule has 2 aromatic carbocycles. The molecule has 1 atom stereocenters. The van der Waals surface area contributed by atoms with E-state index in [1.54, 1.807) is 23.6 Å². The number of benzene rings is 2. The van der Waals surface area contributed by atoms with Crippen LogP contribution in [0.3, 0.4) is 0 Å². The highest BCUT2D eigenvalue weighted by molar-refractivity contribution is 9.10. The van der Waals surface area contributed by atoms with Crippen molar-refractivity contribution >= 4 is 49.8 Å². The summed E-state index contributed by atoms with van der Waals surface area (Å²) in [6.45, 7) is 0. The van der Waals surface area contributed by atoms with E-state index in [4.69, 9.17) is 0 Å². The quantitative estimate of drug-likeness (QED) is 0.351. The molecule has 5 nitrogen and oxygen atoms in total. The van der Waals surface area contributed by atoms with Crippen LogP contribution in [0.25, 0.3) is 5.76 Å². The summed E-state index contributed by atoms with van der Waals surface area (Å²) < 4.78 is 14.0. The molecule has 28 heavy (non-hydrogen) atoms. The van der Waals surface area contributed by atoms with Crippen LogP contribution in [0.2, 0.25) is 0 Å². The standard InChI is InChI=1S/C20H12BrFN2O3S/c21-13-3-1-2-12(10-13)16-15(17(25)11-4-6-14(22)7-5-11)18(26)19(27)24(16)20-23-8-9-28-20/h1-10,16,25H/b17-15-. The number of carbonyl (C=O) groups is 2. The van der Waals surface area contributed by atoms with Crippen LogP contribution in [0.15, 0.2) is 70.2 Å². The minimum atomic E-state index is -0.853. The summed E-state index contributed by atoms with van der Waals surface area (Å²) in [7, 11) is 0. The van der Waals surface area contributed by atoms with Crippen molar-refractivity contribution in [2.24, 2.45) is 0 Å². The number of aliphatic hydroxyl groups excluding tert-OH is 1. The second-order valence-electron chi connectivity index (χ2n) is 6.05. The van der Waals surface area contributed by atoms with Crippen molar-refractivity contribution in [3.63, 3.8) is 0 Å². The van der Waals surface area contributed by atoms with Gasteiger partial charge in [0.1, 0.15) is 11.6 Å². The van der Waals surface area contributed by atoms with E-state index in [9.17, 15) is 19.1 Å². The number of rotatable bonds is 3. The summed E-state index contributed by atoms with van der Waals surface area (Å²) in [5.41, 5.74) is 0.816. The third kappa shape index (κ3) is 3.14. The van der Waals surface area contributed by atoms with Crippen molar-refractivity contribution < 1.29 is 19.1 Å². The minimum absolute atomic E-state index is 0.0649. The number of hydrogen-bond donors (Lipinski definition) is 1. The van der Waals surface area contributed by atoms with Gasteiger partial charge in [-0.2, -0.15) is 0 Å². The normalized spacial score (nSPS) is 18.6. The summed E-state index contributed by atoms with van der Waals surface area (Å²) >= 11 is 4.61. The van der Waals surface area contributed by atoms with Gasteiger partial charge in [-0.05, 0) is 42.0 Å². The Morgan fingerprint density at radius 1 is 1.18 bits per heavy atom. The summed E-state index contributed by atoms with van der Waals surface area (Å²) in [4.78, 5) is 31.1. The van der Waals surface area contributed by atoms with E-state index in [1.165, 1.54) is 46.7 Å². The first-order valence-electron chi connectivity index (χ1n) is 8.19. The molecule has 8 heteroatoms. The molecule has 2 heterocycles. The largest absolute Gasteiger partial charge is 0.507 e. The lowest BCUT2D eigenvalue weighted by Crippen LogP contribution is -2.29. The lowest BCUT2D eigenvalue weighted by molar-refractivity contribution is -0.132. The fourth-order valence-electron chi connectivity index (χ4n) is 3.12. The molecule has 0 spiro atoms. The predicted molar refractivity (Wildman–Crippen MR) is 107 cm³/mol. The monoisotopic (exact) mass is 458 g/mol. The summed E-state index contributed by atoms with van der Waals surface area (Å²) in [6.07, 6.45) is 1.54. The molecular weight excluding hydrogens is 447 g/mol. The zero-order chi connectivity index (χ0) is 19.8. The summed E-state index contributed by atoms with van der Waals surface area (Å²) in [5.74, 6) is -2.42. The number of anilines is 1. The molecule has 1 fully saturated rings. The Morgan fingerprint density at radius 2 is 1.93 bits per heavy atom. The Morgan fingerprint density at radius 3 is 2.57 bits per heavy atom. The number of halogens is 2. The molecule has 1 saturated heterocycles. The van der Waals surface area contributed by atoms with E-state index in [2.05, 4.69) is 20.9 Å². The van der Waals surface area contributed by atoms with Gasteiger partial charge in [-0.1, -0.05) is 28.1 Å². The molecule has 140 valence electrons. The minimum Gasteiger partial charge on any atom is -0.507 e. The molecule has 3 aromatic rings. The maximum Gasteiger partial charge on any atom is 0.301 e. The van der Waals surface area contributed by atoms with Crippen LogP contribution in [0.4, 0.5) is 9.52 Å². The van der Waals surface area contributed by atoms with E-state index in [1.807, 2.05) is 6.07 Å². The maximum absolute atomic E-state index is 13.3. The van der Waals surface area contributed by atoms with Crippen LogP contribution in [0, 0.1) is 5.82 Å². The van der Waals surface area contributed by atoms with Crippen LogP contribution >= 0.6 is 27.3 Å². The summed E-state index contributed by atoms with van der Waals surface area (Å²) in [5, 5.41) is 12.9. The highest BCUT2D eigenvalue weighted by Crippen LogP contribution is 2.43. The van der Waals surface area contributed by atoms with Crippen molar-refractivity contribution in [2.45, 2.75) is 6.04 Å². The molecule has 0 saturated carbocycles. The average molecular weight is 459 g/mol. The van der Waals surface area contributed by atoms with Gasteiger partial charge in [0.05, 0.1) is 11.6 Å². The number of amides is 1. The van der Waals surface area contributed by atoms with Gasteiger partial charge in [-0.15, -0.1) is 11.3 Å². The van der Waals surface area contributed by atoms with Gasteiger partial charge in [-0.25, -0.2) is 9.37 Å². The van der Waals surface area contributed by atoms with Gasteiger partial charge in [0, 0.05) is 21.6 Å². The fourth-order valence-corrected chi connectivity index (χ4v) is 4.20. The van der Waals surface area contributed by atoms with Crippen LogP contribution in [-0.4, -0.2) is 21.8 Å². The molecule has 1 amide bonds. The Balaban J connectivity index is 1.95. The maximum atomic E-state index is 13.3. The van der Waals surface area contributed by atoms with Crippen LogP contribution in [0.1, 0.15) is 17.2 Å². The Hall–Kier alpha value is -2.84. The third-order valence-electron chi connectivity index (χ3n) is 4.35. The number of thiazole rings is 1. The van der Waals surface area contributed by atoms with Crippen molar-refractivity contribution in [2.75, 3.05) is 4.90 Å². The lowest BCUT2D eigenvalue weighted by Gasteiger charge is -2.23. The molecule has 0 radical (unpaired) electrons. The zero-order valence-corrected chi connectivity index (χ0v) is 16.6. The summed E-state index contributed by atoms with van der Waals surface area (Å²) in [6, 6.07) is 11.4. The average Bonchev–Trinajstić information content (AvgIpc) is 3.29. The number of Topliss-reactive ketones (excluding diaryl/α,β-unsaturated/α-hetero) is 1. The molecule has 1 unspecified atom stereocenters. The topological polar surface area (TPSA) is 70.5 Å². The first-order chi connectivity index (χ1) is 13.5. The van der Waals surface area contributed by atoms with Gasteiger partial charge in [0.25, 0.3) is 5.78 Å². The molecular formula is C20H12BrFN2O3S. The van der Waals surface area contributed by atoms with E-state index in [-0.39, 0.29) is 16.9 Å². The van der Waals surface area contributed by atoms with Crippen molar-refractivity contribution in [3.05, 3.63) is 87.1 Å². The molecule has 1 aliphatic heterocycles. The van der Waals surface area contributed by atoms with Crippen LogP contribution in [-0.2, 0) is 9.59 Å². The van der Waals surface area contributed by atoms with Crippen LogP contribution < -0.4 is 4.90 Å². The first-order valence-corrected chi connectivity index (χ1v) is 9.86. The lowest BCUT2D eigenvalue weighted by atomic mass is 9.95. The highest BCUT2D eigenvalue weighted by Gasteiger charge is 2.47. The van der Waals surface area contributed by atoms with Gasteiger partial charge in [0.15, 0.2) is 5.13 Å². The number of aliphatic hydroxyl groups is 1. The van der Waals surface area contributed by atoms with Gasteiger partial charge in [-0.3, -0.25) is 14.5 Å². The molecule has 1 aromatic heterocycles. The van der Waals surface area contributed by atoms with E-state index >= 15 is 0 Å². The highest BCUT2D eigenvalue weighted by atomic mass is 79.9. The number of hydrogen-bond acceptors (Lipinski definition) is 5. The number of ketones is 1. The molecule has 0 bridgehead atoms. The number of nitrogens with zero attached hydrogens (tertiary/aromatic N) is 2. The van der Waals surface area contributed by atoms with E-state index in [0.29, 0.717) is 10.7 Å². The Kier molecular flexibility index (Phi) is 4.82. The van der Waals surface area contributed by atoms with Crippen molar-refractivity contribution in [3.8, 4) is 0 Å². The smallest absolute Gasteiger partial charge is 0.301 e. The second-order valence-corrected chi connectivity index (χ2v) is 7.83. The van der Waals surface area contributed by atoms with Crippen molar-refractivity contribution in [1.82, 2.24) is 4.98 Å². The van der Waals surface area contributed by atoms with Gasteiger partial charge >= 0.3 is 5.91 Å².